The summed E-state index contributed by atoms with van der Waals surface area (Å²) in [5.41, 5.74) is 1.38. The third kappa shape index (κ3) is 6.23. The second-order valence-corrected chi connectivity index (χ2v) is 6.75. The Bertz CT molecular complexity index is 1280. The first-order valence-corrected chi connectivity index (χ1v) is 9.82. The molecule has 3 aromatic rings. The highest BCUT2D eigenvalue weighted by Gasteiger charge is 2.23. The average molecular weight is 451 g/mol. The average Bonchev–Trinajstić information content (AvgIpc) is 3.16. The molecule has 2 aromatic carbocycles. The van der Waals surface area contributed by atoms with Gasteiger partial charge in [0, 0.05) is 11.8 Å². The lowest BCUT2D eigenvalue weighted by Gasteiger charge is -2.11. The van der Waals surface area contributed by atoms with Gasteiger partial charge in [-0.15, -0.1) is 0 Å². The van der Waals surface area contributed by atoms with E-state index in [-0.39, 0.29) is 24.6 Å². The van der Waals surface area contributed by atoms with Crippen molar-refractivity contribution >= 4 is 40.1 Å². The van der Waals surface area contributed by atoms with E-state index in [1.807, 2.05) is 0 Å². The molecule has 0 saturated carbocycles. The van der Waals surface area contributed by atoms with E-state index in [4.69, 9.17) is 9.47 Å². The van der Waals surface area contributed by atoms with Crippen molar-refractivity contribution < 1.29 is 23.9 Å². The SMILES string of the molecule is C=CC(=O)OCCOc1ccccc1N=NC(C(C)=O)C(=O)Nc1ccc2[nH]c(=O)[nH]c2c1. The number of anilines is 1. The zero-order valence-electron chi connectivity index (χ0n) is 17.7. The van der Waals surface area contributed by atoms with Crippen LogP contribution in [-0.2, 0) is 19.1 Å². The molecule has 0 bridgehead atoms. The Morgan fingerprint density at radius 2 is 1.88 bits per heavy atom. The van der Waals surface area contributed by atoms with E-state index in [2.05, 4.69) is 32.1 Å². The molecule has 0 spiro atoms. The highest BCUT2D eigenvalue weighted by atomic mass is 16.6. The predicted molar refractivity (Wildman–Crippen MR) is 120 cm³/mol. The highest BCUT2D eigenvalue weighted by molar-refractivity contribution is 6.10. The van der Waals surface area contributed by atoms with Crippen molar-refractivity contribution in [3.63, 3.8) is 0 Å². The van der Waals surface area contributed by atoms with Gasteiger partial charge in [0.1, 0.15) is 24.7 Å². The van der Waals surface area contributed by atoms with Crippen LogP contribution in [-0.4, -0.2) is 46.9 Å². The molecule has 0 radical (unpaired) electrons. The molecule has 0 saturated heterocycles. The summed E-state index contributed by atoms with van der Waals surface area (Å²) in [6.07, 6.45) is 1.05. The number of benzene rings is 2. The Morgan fingerprint density at radius 3 is 2.64 bits per heavy atom. The molecular formula is C22H21N5O6. The van der Waals surface area contributed by atoms with E-state index in [0.29, 0.717) is 22.5 Å². The lowest BCUT2D eigenvalue weighted by atomic mass is 10.2. The van der Waals surface area contributed by atoms with Crippen molar-refractivity contribution in [2.75, 3.05) is 18.5 Å². The molecule has 0 aliphatic heterocycles. The molecule has 1 unspecified atom stereocenters. The van der Waals surface area contributed by atoms with Gasteiger partial charge in [-0.2, -0.15) is 10.2 Å². The van der Waals surface area contributed by atoms with Gasteiger partial charge in [-0.05, 0) is 37.3 Å². The van der Waals surface area contributed by atoms with Crippen molar-refractivity contribution in [3.05, 3.63) is 65.6 Å². The number of hydrogen-bond acceptors (Lipinski definition) is 8. The van der Waals surface area contributed by atoms with Crippen LogP contribution in [0, 0.1) is 0 Å². The number of azo groups is 1. The topological polar surface area (TPSA) is 155 Å². The largest absolute Gasteiger partial charge is 0.488 e. The first-order chi connectivity index (χ1) is 15.9. The molecule has 0 aliphatic rings. The number of nitrogens with one attached hydrogen (secondary N) is 3. The maximum absolute atomic E-state index is 12.7. The minimum atomic E-state index is -1.40. The number of hydrogen-bond donors (Lipinski definition) is 3. The number of fused-ring (bicyclic) bond motifs is 1. The van der Waals surface area contributed by atoms with Gasteiger partial charge in [-0.3, -0.25) is 9.59 Å². The smallest absolute Gasteiger partial charge is 0.330 e. The number of carbonyl (C=O) groups is 3. The quantitative estimate of drug-likeness (QED) is 0.141. The zero-order chi connectivity index (χ0) is 23.8. The molecule has 11 nitrogen and oxygen atoms in total. The number of nitrogens with zero attached hydrogens (tertiary/aromatic N) is 2. The summed E-state index contributed by atoms with van der Waals surface area (Å²) >= 11 is 0. The Labute approximate surface area is 187 Å². The summed E-state index contributed by atoms with van der Waals surface area (Å²) in [5, 5.41) is 10.5. The van der Waals surface area contributed by atoms with E-state index in [1.165, 1.54) is 6.92 Å². The number of H-pyrrole nitrogens is 2. The summed E-state index contributed by atoms with van der Waals surface area (Å²) < 4.78 is 10.4. The lowest BCUT2D eigenvalue weighted by molar-refractivity contribution is -0.138. The van der Waals surface area contributed by atoms with Crippen LogP contribution in [0.2, 0.25) is 0 Å². The maximum Gasteiger partial charge on any atom is 0.330 e. The van der Waals surface area contributed by atoms with Crippen LogP contribution < -0.4 is 15.7 Å². The van der Waals surface area contributed by atoms with Gasteiger partial charge in [0.25, 0.3) is 5.91 Å². The molecule has 1 aromatic heterocycles. The summed E-state index contributed by atoms with van der Waals surface area (Å²) in [7, 11) is 0. The van der Waals surface area contributed by atoms with Crippen LogP contribution in [0.1, 0.15) is 6.92 Å². The number of carbonyl (C=O) groups excluding carboxylic acids is 3. The number of aromatic amines is 2. The van der Waals surface area contributed by atoms with Gasteiger partial charge >= 0.3 is 11.7 Å². The molecule has 3 N–H and O–H groups in total. The number of ketones is 1. The normalized spacial score (nSPS) is 11.8. The summed E-state index contributed by atoms with van der Waals surface area (Å²) in [6, 6.07) is 9.98. The second kappa shape index (κ2) is 10.7. The second-order valence-electron chi connectivity index (χ2n) is 6.75. The molecule has 1 amide bonds. The fourth-order valence-corrected chi connectivity index (χ4v) is 2.77. The minimum absolute atomic E-state index is 0.00552. The number of para-hydroxylation sites is 1. The van der Waals surface area contributed by atoms with Crippen molar-refractivity contribution in [1.82, 2.24) is 9.97 Å². The number of Topliss-reactive ketones (excluding diaryl/α,β-unsaturated/α-hetero) is 1. The summed E-state index contributed by atoms with van der Waals surface area (Å²) in [6.45, 7) is 4.60. The molecule has 0 fully saturated rings. The number of ether oxygens (including phenoxy) is 2. The third-order valence-electron chi connectivity index (χ3n) is 4.32. The van der Waals surface area contributed by atoms with Crippen LogP contribution in [0.15, 0.2) is 70.1 Å². The maximum atomic E-state index is 12.7. The van der Waals surface area contributed by atoms with Crippen LogP contribution in [0.5, 0.6) is 5.75 Å². The molecule has 33 heavy (non-hydrogen) atoms. The standard InChI is InChI=1S/C22H21N5O6/c1-3-19(29)33-11-10-32-18-7-5-4-6-16(18)26-27-20(13(2)28)21(30)23-14-8-9-15-17(12-14)25-22(31)24-15/h3-9,12,20H,1,10-11H2,2H3,(H,23,30)(H2,24,25,31). The Kier molecular flexibility index (Phi) is 7.47. The van der Waals surface area contributed by atoms with E-state index in [9.17, 15) is 19.2 Å². The summed E-state index contributed by atoms with van der Waals surface area (Å²) in [4.78, 5) is 52.3. The van der Waals surface area contributed by atoms with E-state index < -0.39 is 23.7 Å². The van der Waals surface area contributed by atoms with Crippen LogP contribution >= 0.6 is 0 Å². The highest BCUT2D eigenvalue weighted by Crippen LogP contribution is 2.27. The van der Waals surface area contributed by atoms with Gasteiger partial charge in [0.05, 0.1) is 11.0 Å². The first-order valence-electron chi connectivity index (χ1n) is 9.82. The van der Waals surface area contributed by atoms with Crippen molar-refractivity contribution in [2.24, 2.45) is 10.2 Å². The van der Waals surface area contributed by atoms with Gasteiger partial charge < -0.3 is 24.8 Å². The zero-order valence-corrected chi connectivity index (χ0v) is 17.7. The van der Waals surface area contributed by atoms with Crippen molar-refractivity contribution in [1.29, 1.82) is 0 Å². The van der Waals surface area contributed by atoms with Crippen LogP contribution in [0.3, 0.4) is 0 Å². The number of rotatable bonds is 10. The fraction of sp³-hybridized carbons (Fsp3) is 0.182. The number of imidazole rings is 1. The molecule has 11 heteroatoms. The Hall–Kier alpha value is -4.54. The Balaban J connectivity index is 1.69. The van der Waals surface area contributed by atoms with E-state index in [0.717, 1.165) is 6.08 Å². The third-order valence-corrected chi connectivity index (χ3v) is 4.32. The monoisotopic (exact) mass is 451 g/mol. The first kappa shape index (κ1) is 23.1. The molecular weight excluding hydrogens is 430 g/mol. The van der Waals surface area contributed by atoms with Gasteiger partial charge in [-0.25, -0.2) is 9.59 Å². The number of amides is 1. The van der Waals surface area contributed by atoms with E-state index in [1.54, 1.807) is 42.5 Å². The molecule has 0 aliphatic carbocycles. The van der Waals surface area contributed by atoms with Gasteiger partial charge in [-0.1, -0.05) is 18.7 Å². The molecule has 1 heterocycles. The van der Waals surface area contributed by atoms with Crippen LogP contribution in [0.4, 0.5) is 11.4 Å². The summed E-state index contributed by atoms with van der Waals surface area (Å²) in [5.74, 6) is -1.43. The fourth-order valence-electron chi connectivity index (χ4n) is 2.77. The van der Waals surface area contributed by atoms with Crippen molar-refractivity contribution in [3.8, 4) is 5.75 Å². The minimum Gasteiger partial charge on any atom is -0.488 e. The molecule has 170 valence electrons. The Morgan fingerprint density at radius 1 is 1.12 bits per heavy atom. The molecule has 1 atom stereocenters. The molecule has 3 rings (SSSR count). The predicted octanol–water partition coefficient (Wildman–Crippen LogP) is 2.64. The number of esters is 1. The van der Waals surface area contributed by atoms with E-state index >= 15 is 0 Å². The lowest BCUT2D eigenvalue weighted by Crippen LogP contribution is -2.31. The van der Waals surface area contributed by atoms with Crippen molar-refractivity contribution in [2.45, 2.75) is 13.0 Å². The van der Waals surface area contributed by atoms with Crippen LogP contribution in [0.25, 0.3) is 11.0 Å². The van der Waals surface area contributed by atoms with Gasteiger partial charge in [0.2, 0.25) is 6.04 Å². The van der Waals surface area contributed by atoms with Gasteiger partial charge in [0.15, 0.2) is 5.78 Å². The number of aromatic nitrogens is 2.